The van der Waals surface area contributed by atoms with Gasteiger partial charge in [-0.25, -0.2) is 9.59 Å². The van der Waals surface area contributed by atoms with Crippen LogP contribution < -0.4 is 4.74 Å². The van der Waals surface area contributed by atoms with Crippen molar-refractivity contribution >= 4 is 11.9 Å². The fourth-order valence-corrected chi connectivity index (χ4v) is 1.12. The van der Waals surface area contributed by atoms with Gasteiger partial charge < -0.3 is 9.84 Å². The van der Waals surface area contributed by atoms with E-state index in [0.29, 0.717) is 0 Å². The minimum absolute atomic E-state index is 0.0372. The van der Waals surface area contributed by atoms with Crippen LogP contribution in [0.2, 0.25) is 0 Å². The Hall–Kier alpha value is -2.36. The SMILES string of the molecule is C/C=C/C=C/C(=O)Oc1ccccc1C(=O)O. The third kappa shape index (κ3) is 3.95. The van der Waals surface area contributed by atoms with Crippen LogP contribution in [0.4, 0.5) is 0 Å². The lowest BCUT2D eigenvalue weighted by Gasteiger charge is -2.04. The van der Waals surface area contributed by atoms with E-state index in [4.69, 9.17) is 9.84 Å². The van der Waals surface area contributed by atoms with Crippen LogP contribution in [0, 0.1) is 0 Å². The predicted molar refractivity (Wildman–Crippen MR) is 63.0 cm³/mol. The smallest absolute Gasteiger partial charge is 0.339 e. The molecule has 0 saturated carbocycles. The van der Waals surface area contributed by atoms with Crippen LogP contribution >= 0.6 is 0 Å². The molecule has 4 nitrogen and oxygen atoms in total. The van der Waals surface area contributed by atoms with E-state index >= 15 is 0 Å². The van der Waals surface area contributed by atoms with Crippen molar-refractivity contribution in [1.29, 1.82) is 0 Å². The molecule has 0 spiro atoms. The number of aromatic carboxylic acids is 1. The van der Waals surface area contributed by atoms with Gasteiger partial charge >= 0.3 is 11.9 Å². The Morgan fingerprint density at radius 3 is 2.59 bits per heavy atom. The molecular formula is C13H12O4. The number of hydrogen-bond donors (Lipinski definition) is 1. The van der Waals surface area contributed by atoms with Crippen LogP contribution in [0.1, 0.15) is 17.3 Å². The summed E-state index contributed by atoms with van der Waals surface area (Å²) in [5.41, 5.74) is -0.0414. The van der Waals surface area contributed by atoms with E-state index in [1.807, 2.05) is 6.92 Å². The number of carbonyl (C=O) groups is 2. The molecule has 1 N–H and O–H groups in total. The quantitative estimate of drug-likeness (QED) is 0.375. The van der Waals surface area contributed by atoms with E-state index in [-0.39, 0.29) is 11.3 Å². The molecule has 0 fully saturated rings. The minimum Gasteiger partial charge on any atom is -0.478 e. The first-order chi connectivity index (χ1) is 8.15. The van der Waals surface area contributed by atoms with E-state index < -0.39 is 11.9 Å². The van der Waals surface area contributed by atoms with Crippen LogP contribution in [0.5, 0.6) is 5.75 Å². The van der Waals surface area contributed by atoms with Gasteiger partial charge in [-0.1, -0.05) is 30.4 Å². The second-order valence-electron chi connectivity index (χ2n) is 3.11. The summed E-state index contributed by atoms with van der Waals surface area (Å²) in [5.74, 6) is -1.71. The van der Waals surface area contributed by atoms with Crippen molar-refractivity contribution in [3.05, 3.63) is 54.1 Å². The van der Waals surface area contributed by atoms with Gasteiger partial charge in [0, 0.05) is 6.08 Å². The summed E-state index contributed by atoms with van der Waals surface area (Å²) in [7, 11) is 0. The van der Waals surface area contributed by atoms with Gasteiger partial charge in [0.25, 0.3) is 0 Å². The van der Waals surface area contributed by atoms with E-state index in [0.717, 1.165) is 0 Å². The number of ether oxygens (including phenoxy) is 1. The van der Waals surface area contributed by atoms with E-state index in [1.165, 1.54) is 24.3 Å². The Bertz CT molecular complexity index is 472. The lowest BCUT2D eigenvalue weighted by molar-refractivity contribution is -0.129. The Kier molecular flexibility index (Phi) is 4.69. The van der Waals surface area contributed by atoms with Crippen molar-refractivity contribution in [2.75, 3.05) is 0 Å². The molecule has 0 radical (unpaired) electrons. The highest BCUT2D eigenvalue weighted by Gasteiger charge is 2.11. The molecular weight excluding hydrogens is 220 g/mol. The summed E-state index contributed by atoms with van der Waals surface area (Å²) in [5, 5.41) is 8.87. The summed E-state index contributed by atoms with van der Waals surface area (Å²) >= 11 is 0. The molecule has 1 rings (SSSR count). The van der Waals surface area contributed by atoms with Crippen LogP contribution in [-0.4, -0.2) is 17.0 Å². The predicted octanol–water partition coefficient (Wildman–Crippen LogP) is 2.42. The molecule has 0 aromatic heterocycles. The maximum atomic E-state index is 11.3. The zero-order chi connectivity index (χ0) is 12.7. The zero-order valence-electron chi connectivity index (χ0n) is 9.29. The second kappa shape index (κ2) is 6.27. The Balaban J connectivity index is 2.81. The van der Waals surface area contributed by atoms with Crippen LogP contribution in [0.15, 0.2) is 48.6 Å². The molecule has 0 atom stereocenters. The Morgan fingerprint density at radius 1 is 1.24 bits per heavy atom. The number of hydrogen-bond acceptors (Lipinski definition) is 3. The maximum absolute atomic E-state index is 11.3. The summed E-state index contributed by atoms with van der Waals surface area (Å²) in [6.07, 6.45) is 6.17. The number of para-hydroxylation sites is 1. The first-order valence-corrected chi connectivity index (χ1v) is 4.98. The number of benzene rings is 1. The summed E-state index contributed by atoms with van der Waals surface area (Å²) in [6, 6.07) is 5.98. The average Bonchev–Trinajstić information content (AvgIpc) is 2.29. The number of carbonyl (C=O) groups excluding carboxylic acids is 1. The molecule has 0 aliphatic heterocycles. The zero-order valence-corrected chi connectivity index (χ0v) is 9.29. The topological polar surface area (TPSA) is 63.6 Å². The van der Waals surface area contributed by atoms with Gasteiger partial charge in [0.05, 0.1) is 0 Å². The summed E-state index contributed by atoms with van der Waals surface area (Å²) in [6.45, 7) is 1.81. The van der Waals surface area contributed by atoms with Crippen molar-refractivity contribution in [3.8, 4) is 5.75 Å². The molecule has 0 saturated heterocycles. The van der Waals surface area contributed by atoms with Gasteiger partial charge in [0.1, 0.15) is 11.3 Å². The van der Waals surface area contributed by atoms with Gasteiger partial charge in [0.15, 0.2) is 0 Å². The molecule has 88 valence electrons. The highest BCUT2D eigenvalue weighted by Crippen LogP contribution is 2.17. The van der Waals surface area contributed by atoms with Crippen molar-refractivity contribution in [2.24, 2.45) is 0 Å². The molecule has 0 amide bonds. The number of rotatable bonds is 4. The maximum Gasteiger partial charge on any atom is 0.339 e. The molecule has 1 aromatic carbocycles. The molecule has 0 aliphatic carbocycles. The Morgan fingerprint density at radius 2 is 1.94 bits per heavy atom. The largest absolute Gasteiger partial charge is 0.478 e. The first kappa shape index (κ1) is 12.7. The van der Waals surface area contributed by atoms with Gasteiger partial charge in [-0.3, -0.25) is 0 Å². The van der Waals surface area contributed by atoms with E-state index in [2.05, 4.69) is 0 Å². The standard InChI is InChI=1S/C13H12O4/c1-2-3-4-9-12(14)17-11-8-6-5-7-10(11)13(15)16/h2-9H,1H3,(H,15,16)/b3-2+,9-4+. The highest BCUT2D eigenvalue weighted by atomic mass is 16.5. The number of carboxylic acid groups (broad SMARTS) is 1. The number of esters is 1. The summed E-state index contributed by atoms with van der Waals surface area (Å²) in [4.78, 5) is 22.2. The molecule has 17 heavy (non-hydrogen) atoms. The monoisotopic (exact) mass is 232 g/mol. The van der Waals surface area contributed by atoms with Gasteiger partial charge in [0.2, 0.25) is 0 Å². The third-order valence-corrected chi connectivity index (χ3v) is 1.86. The van der Waals surface area contributed by atoms with Crippen molar-refractivity contribution in [3.63, 3.8) is 0 Å². The number of allylic oxidation sites excluding steroid dienone is 3. The Labute approximate surface area is 98.8 Å². The molecule has 0 bridgehead atoms. The lowest BCUT2D eigenvalue weighted by atomic mass is 10.2. The van der Waals surface area contributed by atoms with Gasteiger partial charge in [-0.15, -0.1) is 0 Å². The van der Waals surface area contributed by atoms with E-state index in [1.54, 1.807) is 24.3 Å². The molecule has 4 heteroatoms. The third-order valence-electron chi connectivity index (χ3n) is 1.86. The fraction of sp³-hybridized carbons (Fsp3) is 0.0769. The summed E-state index contributed by atoms with van der Waals surface area (Å²) < 4.78 is 4.91. The first-order valence-electron chi connectivity index (χ1n) is 4.98. The van der Waals surface area contributed by atoms with E-state index in [9.17, 15) is 9.59 Å². The highest BCUT2D eigenvalue weighted by molar-refractivity contribution is 5.93. The van der Waals surface area contributed by atoms with Crippen LogP contribution in [0.25, 0.3) is 0 Å². The van der Waals surface area contributed by atoms with Crippen molar-refractivity contribution in [1.82, 2.24) is 0 Å². The molecule has 1 aromatic rings. The normalized spacial score (nSPS) is 10.9. The molecule has 0 aliphatic rings. The van der Waals surface area contributed by atoms with Crippen molar-refractivity contribution < 1.29 is 19.4 Å². The minimum atomic E-state index is -1.13. The molecule has 0 heterocycles. The van der Waals surface area contributed by atoms with Crippen molar-refractivity contribution in [2.45, 2.75) is 6.92 Å². The van der Waals surface area contributed by atoms with Gasteiger partial charge in [-0.2, -0.15) is 0 Å². The lowest BCUT2D eigenvalue weighted by Crippen LogP contribution is -2.08. The fourth-order valence-electron chi connectivity index (χ4n) is 1.12. The van der Waals surface area contributed by atoms with Crippen LogP contribution in [-0.2, 0) is 4.79 Å². The van der Waals surface area contributed by atoms with Gasteiger partial charge in [-0.05, 0) is 19.1 Å². The second-order valence-corrected chi connectivity index (χ2v) is 3.11. The van der Waals surface area contributed by atoms with Crippen LogP contribution in [0.3, 0.4) is 0 Å². The average molecular weight is 232 g/mol. The molecule has 0 unspecified atom stereocenters. The number of carboxylic acids is 1.